The molecule has 1 aliphatic heterocycles. The lowest BCUT2D eigenvalue weighted by molar-refractivity contribution is -0.143. The van der Waals surface area contributed by atoms with Crippen LogP contribution in [0, 0.1) is 5.82 Å². The molecule has 4 aromatic carbocycles. The zero-order chi connectivity index (χ0) is 30.5. The van der Waals surface area contributed by atoms with Crippen LogP contribution in [0.25, 0.3) is 16.6 Å². The Morgan fingerprint density at radius 3 is 2.36 bits per heavy atom. The molecule has 1 saturated carbocycles. The van der Waals surface area contributed by atoms with Crippen molar-refractivity contribution in [1.82, 2.24) is 4.57 Å². The van der Waals surface area contributed by atoms with Crippen molar-refractivity contribution in [2.24, 2.45) is 0 Å². The van der Waals surface area contributed by atoms with Crippen molar-refractivity contribution >= 4 is 16.9 Å². The number of carbonyl (C=O) groups excluding carboxylic acids is 1. The van der Waals surface area contributed by atoms with Crippen molar-refractivity contribution in [2.75, 3.05) is 13.2 Å². The van der Waals surface area contributed by atoms with Crippen LogP contribution in [0.2, 0.25) is 0 Å². The van der Waals surface area contributed by atoms with Gasteiger partial charge in [0, 0.05) is 27.7 Å². The molecule has 0 N–H and O–H groups in total. The molecule has 0 atom stereocenters. The van der Waals surface area contributed by atoms with E-state index in [4.69, 9.17) is 14.2 Å². The van der Waals surface area contributed by atoms with Gasteiger partial charge in [0.2, 0.25) is 0 Å². The van der Waals surface area contributed by atoms with Gasteiger partial charge in [-0.2, -0.15) is 0 Å². The summed E-state index contributed by atoms with van der Waals surface area (Å²) in [6.07, 6.45) is 1.62. The quantitative estimate of drug-likeness (QED) is 0.178. The van der Waals surface area contributed by atoms with E-state index in [-0.39, 0.29) is 23.1 Å². The van der Waals surface area contributed by atoms with E-state index in [1.807, 2.05) is 73.7 Å². The van der Waals surface area contributed by atoms with Crippen molar-refractivity contribution in [3.63, 3.8) is 0 Å². The third kappa shape index (κ3) is 4.78. The first kappa shape index (κ1) is 28.4. The SMILES string of the molecule is CCOC(=O)c1ccc(C2CC3(C2)OCC(C)(C)c2c3c3c(OCc4ccccc4)cccc3n2-c2ccc(F)cc2)cc1. The number of ether oxygens (including phenoxy) is 3. The lowest BCUT2D eigenvalue weighted by atomic mass is 9.61. The molecule has 1 aliphatic carbocycles. The van der Waals surface area contributed by atoms with Gasteiger partial charge in [-0.05, 0) is 85.3 Å². The van der Waals surface area contributed by atoms with Crippen LogP contribution >= 0.6 is 0 Å². The summed E-state index contributed by atoms with van der Waals surface area (Å²) >= 11 is 0. The number of rotatable bonds is 7. The Kier molecular flexibility index (Phi) is 7.05. The highest BCUT2D eigenvalue weighted by molar-refractivity contribution is 5.94. The molecule has 1 spiro atoms. The van der Waals surface area contributed by atoms with Gasteiger partial charge in [0.05, 0.1) is 29.9 Å². The summed E-state index contributed by atoms with van der Waals surface area (Å²) in [5.74, 6) is 0.525. The molecule has 44 heavy (non-hydrogen) atoms. The highest BCUT2D eigenvalue weighted by Crippen LogP contribution is 2.61. The second kappa shape index (κ2) is 10.9. The minimum absolute atomic E-state index is 0.263. The smallest absolute Gasteiger partial charge is 0.338 e. The standard InChI is InChI=1S/C38H36FNO4/c1-4-42-36(41)27-15-13-26(14-16-27)28-21-38(22-28)34-33-31(11-8-12-32(33)43-23-25-9-6-5-7-10-25)40(30-19-17-29(39)18-20-30)35(34)37(2,3)24-44-38/h5-20,28H,4,21-24H2,1-3H3. The molecule has 0 radical (unpaired) electrons. The molecule has 0 unspecified atom stereocenters. The lowest BCUT2D eigenvalue weighted by Crippen LogP contribution is -2.50. The minimum Gasteiger partial charge on any atom is -0.488 e. The van der Waals surface area contributed by atoms with E-state index in [0.29, 0.717) is 25.4 Å². The fraction of sp³-hybridized carbons (Fsp3) is 0.289. The maximum Gasteiger partial charge on any atom is 0.338 e. The first-order valence-corrected chi connectivity index (χ1v) is 15.3. The Bertz CT molecular complexity index is 1820. The van der Waals surface area contributed by atoms with Crippen LogP contribution in [0.4, 0.5) is 4.39 Å². The monoisotopic (exact) mass is 589 g/mol. The number of esters is 1. The number of halogens is 1. The Balaban J connectivity index is 1.34. The van der Waals surface area contributed by atoms with Crippen LogP contribution in [0.15, 0.2) is 97.1 Å². The first-order valence-electron chi connectivity index (χ1n) is 15.3. The Morgan fingerprint density at radius 1 is 0.932 bits per heavy atom. The number of benzene rings is 4. The number of fused-ring (bicyclic) bond motifs is 4. The summed E-state index contributed by atoms with van der Waals surface area (Å²) in [5.41, 5.74) is 6.31. The van der Waals surface area contributed by atoms with E-state index >= 15 is 0 Å². The molecule has 0 bridgehead atoms. The first-order chi connectivity index (χ1) is 21.3. The van der Waals surface area contributed by atoms with Gasteiger partial charge in [0.25, 0.3) is 0 Å². The van der Waals surface area contributed by atoms with E-state index in [9.17, 15) is 9.18 Å². The zero-order valence-corrected chi connectivity index (χ0v) is 25.3. The Labute approximate surface area is 257 Å². The van der Waals surface area contributed by atoms with Crippen molar-refractivity contribution in [2.45, 2.75) is 57.2 Å². The summed E-state index contributed by atoms with van der Waals surface area (Å²) < 4.78 is 35.0. The molecular formula is C38H36FNO4. The fourth-order valence-electron chi connectivity index (χ4n) is 6.97. The fourth-order valence-corrected chi connectivity index (χ4v) is 6.97. The highest BCUT2D eigenvalue weighted by Gasteiger charge is 2.55. The molecule has 1 fully saturated rings. The molecule has 5 nitrogen and oxygen atoms in total. The van der Waals surface area contributed by atoms with Crippen molar-refractivity contribution < 1.29 is 23.4 Å². The molecular weight excluding hydrogens is 553 g/mol. The molecule has 2 aliphatic rings. The number of hydrogen-bond donors (Lipinski definition) is 0. The number of carbonyl (C=O) groups is 1. The maximum atomic E-state index is 14.1. The van der Waals surface area contributed by atoms with Crippen molar-refractivity contribution in [3.05, 3.63) is 131 Å². The second-order valence-electron chi connectivity index (χ2n) is 12.6. The third-order valence-corrected chi connectivity index (χ3v) is 9.13. The second-order valence-corrected chi connectivity index (χ2v) is 12.6. The number of hydrogen-bond acceptors (Lipinski definition) is 4. The van der Waals surface area contributed by atoms with Gasteiger partial charge in [0.1, 0.15) is 18.2 Å². The van der Waals surface area contributed by atoms with Gasteiger partial charge in [-0.15, -0.1) is 0 Å². The largest absolute Gasteiger partial charge is 0.488 e. The number of nitrogens with zero attached hydrogens (tertiary/aromatic N) is 1. The van der Waals surface area contributed by atoms with E-state index in [1.165, 1.54) is 23.4 Å². The van der Waals surface area contributed by atoms with Gasteiger partial charge < -0.3 is 18.8 Å². The average molecular weight is 590 g/mol. The van der Waals surface area contributed by atoms with Gasteiger partial charge >= 0.3 is 5.97 Å². The molecule has 224 valence electrons. The van der Waals surface area contributed by atoms with Crippen molar-refractivity contribution in [3.8, 4) is 11.4 Å². The van der Waals surface area contributed by atoms with E-state index in [0.717, 1.165) is 46.3 Å². The van der Waals surface area contributed by atoms with Crippen LogP contribution in [0.5, 0.6) is 5.75 Å². The van der Waals surface area contributed by atoms with Crippen LogP contribution in [0.1, 0.15) is 72.3 Å². The van der Waals surface area contributed by atoms with Crippen LogP contribution < -0.4 is 4.74 Å². The molecule has 2 heterocycles. The van der Waals surface area contributed by atoms with Crippen molar-refractivity contribution in [1.29, 1.82) is 0 Å². The molecule has 6 heteroatoms. The van der Waals surface area contributed by atoms with Gasteiger partial charge in [-0.1, -0.05) is 62.4 Å². The predicted octanol–water partition coefficient (Wildman–Crippen LogP) is 8.61. The molecule has 5 aromatic rings. The van der Waals surface area contributed by atoms with E-state index in [1.54, 1.807) is 0 Å². The minimum atomic E-state index is -0.495. The van der Waals surface area contributed by atoms with Crippen LogP contribution in [-0.4, -0.2) is 23.8 Å². The molecule has 7 rings (SSSR count). The zero-order valence-electron chi connectivity index (χ0n) is 25.3. The van der Waals surface area contributed by atoms with Gasteiger partial charge in [-0.25, -0.2) is 9.18 Å². The summed E-state index contributed by atoms with van der Waals surface area (Å²) in [4.78, 5) is 12.2. The Morgan fingerprint density at radius 2 is 1.66 bits per heavy atom. The van der Waals surface area contributed by atoms with Gasteiger partial charge in [0.15, 0.2) is 0 Å². The Hall–Kier alpha value is -4.42. The predicted molar refractivity (Wildman–Crippen MR) is 169 cm³/mol. The summed E-state index contributed by atoms with van der Waals surface area (Å²) in [7, 11) is 0. The summed E-state index contributed by atoms with van der Waals surface area (Å²) in [5, 5.41) is 1.05. The highest BCUT2D eigenvalue weighted by atomic mass is 19.1. The lowest BCUT2D eigenvalue weighted by Gasteiger charge is -2.53. The molecule has 1 aromatic heterocycles. The molecule has 0 saturated heterocycles. The van der Waals surface area contributed by atoms with Crippen LogP contribution in [-0.2, 0) is 27.1 Å². The summed E-state index contributed by atoms with van der Waals surface area (Å²) in [6.45, 7) is 7.60. The van der Waals surface area contributed by atoms with E-state index < -0.39 is 5.60 Å². The van der Waals surface area contributed by atoms with Gasteiger partial charge in [-0.3, -0.25) is 0 Å². The van der Waals surface area contributed by atoms with Crippen LogP contribution in [0.3, 0.4) is 0 Å². The normalized spacial score (nSPS) is 20.2. The molecule has 0 amide bonds. The maximum absolute atomic E-state index is 14.1. The topological polar surface area (TPSA) is 49.7 Å². The third-order valence-electron chi connectivity index (χ3n) is 9.13. The number of aromatic nitrogens is 1. The summed E-state index contributed by atoms with van der Waals surface area (Å²) in [6, 6.07) is 30.9. The van der Waals surface area contributed by atoms with E-state index in [2.05, 4.69) is 36.6 Å². The average Bonchev–Trinajstić information content (AvgIpc) is 3.38.